The monoisotopic (exact) mass is 415 g/mol. The number of nitrogen functional groups attached to an aromatic ring is 1. The molecule has 0 amide bonds. The Hall–Kier alpha value is -3.42. The molecule has 0 aliphatic carbocycles. The normalized spacial score (nSPS) is 15.6. The van der Waals surface area contributed by atoms with Gasteiger partial charge in [0.1, 0.15) is 24.3 Å². The molecule has 3 N–H and O–H groups in total. The molecule has 2 aromatic carbocycles. The van der Waals surface area contributed by atoms with Crippen molar-refractivity contribution in [3.05, 3.63) is 73.2 Å². The summed E-state index contributed by atoms with van der Waals surface area (Å²) in [7, 11) is 0. The fraction of sp³-hybridized carbons (Fsp3) is 0.250. The number of aromatic nitrogens is 3. The van der Waals surface area contributed by atoms with Crippen molar-refractivity contribution in [3.63, 3.8) is 0 Å². The molecule has 1 atom stereocenters. The van der Waals surface area contributed by atoms with Gasteiger partial charge >= 0.3 is 0 Å². The Morgan fingerprint density at radius 2 is 2.00 bits per heavy atom. The van der Waals surface area contributed by atoms with Crippen LogP contribution in [0.3, 0.4) is 0 Å². The maximum atomic E-state index is 10.5. The van der Waals surface area contributed by atoms with Gasteiger partial charge in [-0.05, 0) is 46.7 Å². The van der Waals surface area contributed by atoms with Crippen LogP contribution in [0.25, 0.3) is 21.9 Å². The van der Waals surface area contributed by atoms with Gasteiger partial charge in [0.2, 0.25) is 0 Å². The number of β-amino-alcohol motifs (C(OH)–C–C–N with tert-alkyl or cyclic N) is 1. The standard InChI is InChI=1S/C24H25N5O2/c25-24-7-6-18(12-26-24)23-11-21(10-17-4-1-2-5-22(17)23)31-16-20(30)15-28-13-19(14-28)29-9-3-8-27-29/h1-12,19-20,30H,13-16H2,(H2,25,26). The number of nitrogens with two attached hydrogens (primary N) is 1. The minimum absolute atomic E-state index is 0.237. The number of aliphatic hydroxyl groups is 1. The lowest BCUT2D eigenvalue weighted by Crippen LogP contribution is -2.51. The molecule has 31 heavy (non-hydrogen) atoms. The number of rotatable bonds is 7. The predicted octanol–water partition coefficient (Wildman–Crippen LogP) is 2.98. The van der Waals surface area contributed by atoms with E-state index in [1.54, 1.807) is 18.5 Å². The van der Waals surface area contributed by atoms with E-state index in [1.807, 2.05) is 47.3 Å². The summed E-state index contributed by atoms with van der Waals surface area (Å²) in [5, 5.41) is 17.0. The molecule has 0 bridgehead atoms. The first-order valence-electron chi connectivity index (χ1n) is 10.4. The molecule has 1 aliphatic rings. The number of ether oxygens (including phenoxy) is 1. The molecule has 1 unspecified atom stereocenters. The van der Waals surface area contributed by atoms with Gasteiger partial charge < -0.3 is 15.6 Å². The topological polar surface area (TPSA) is 89.4 Å². The highest BCUT2D eigenvalue weighted by Gasteiger charge is 2.29. The van der Waals surface area contributed by atoms with Gasteiger partial charge in [0.15, 0.2) is 0 Å². The van der Waals surface area contributed by atoms with Crippen molar-refractivity contribution in [2.45, 2.75) is 12.1 Å². The summed E-state index contributed by atoms with van der Waals surface area (Å²) >= 11 is 0. The zero-order chi connectivity index (χ0) is 21.2. The quantitative estimate of drug-likeness (QED) is 0.482. The fourth-order valence-corrected chi connectivity index (χ4v) is 4.07. The number of fused-ring (bicyclic) bond motifs is 1. The summed E-state index contributed by atoms with van der Waals surface area (Å²) in [5.41, 5.74) is 7.75. The minimum Gasteiger partial charge on any atom is -0.491 e. The minimum atomic E-state index is -0.563. The smallest absolute Gasteiger partial charge is 0.123 e. The Balaban J connectivity index is 1.25. The Morgan fingerprint density at radius 1 is 1.13 bits per heavy atom. The van der Waals surface area contributed by atoms with Crippen LogP contribution in [0.5, 0.6) is 5.75 Å². The van der Waals surface area contributed by atoms with Crippen LogP contribution in [0.4, 0.5) is 5.82 Å². The van der Waals surface area contributed by atoms with Gasteiger partial charge in [-0.15, -0.1) is 0 Å². The van der Waals surface area contributed by atoms with Crippen LogP contribution in [-0.2, 0) is 0 Å². The molecule has 7 nitrogen and oxygen atoms in total. The van der Waals surface area contributed by atoms with Crippen molar-refractivity contribution in [1.82, 2.24) is 19.7 Å². The van der Waals surface area contributed by atoms with Crippen LogP contribution in [0, 0.1) is 0 Å². The molecular weight excluding hydrogens is 390 g/mol. The Kier molecular flexibility index (Phi) is 5.28. The molecule has 0 spiro atoms. The lowest BCUT2D eigenvalue weighted by atomic mass is 9.99. The van der Waals surface area contributed by atoms with E-state index in [0.29, 0.717) is 18.4 Å². The maximum absolute atomic E-state index is 10.5. The fourth-order valence-electron chi connectivity index (χ4n) is 4.07. The largest absolute Gasteiger partial charge is 0.491 e. The Labute approximate surface area is 180 Å². The number of nitrogens with zero attached hydrogens (tertiary/aromatic N) is 4. The van der Waals surface area contributed by atoms with E-state index in [4.69, 9.17) is 10.5 Å². The summed E-state index contributed by atoms with van der Waals surface area (Å²) < 4.78 is 7.97. The summed E-state index contributed by atoms with van der Waals surface area (Å²) in [6.45, 7) is 2.60. The molecular formula is C24H25N5O2. The lowest BCUT2D eigenvalue weighted by Gasteiger charge is -2.40. The number of likely N-dealkylation sites (tertiary alicyclic amines) is 1. The van der Waals surface area contributed by atoms with Gasteiger partial charge in [-0.25, -0.2) is 4.98 Å². The number of hydrogen-bond acceptors (Lipinski definition) is 6. The first kappa shape index (κ1) is 19.5. The summed E-state index contributed by atoms with van der Waals surface area (Å²) in [4.78, 5) is 6.44. The molecule has 0 saturated carbocycles. The average Bonchev–Trinajstić information content (AvgIpc) is 3.29. The van der Waals surface area contributed by atoms with Crippen LogP contribution in [0.2, 0.25) is 0 Å². The van der Waals surface area contributed by atoms with Crippen molar-refractivity contribution in [1.29, 1.82) is 0 Å². The van der Waals surface area contributed by atoms with Gasteiger partial charge in [0.05, 0.1) is 6.04 Å². The molecule has 3 heterocycles. The van der Waals surface area contributed by atoms with Crippen LogP contribution in [-0.4, -0.2) is 57.1 Å². The van der Waals surface area contributed by atoms with Gasteiger partial charge in [0, 0.05) is 43.8 Å². The molecule has 7 heteroatoms. The molecule has 1 aliphatic heterocycles. The molecule has 158 valence electrons. The van der Waals surface area contributed by atoms with Crippen LogP contribution < -0.4 is 10.5 Å². The number of anilines is 1. The van der Waals surface area contributed by atoms with Crippen LogP contribution >= 0.6 is 0 Å². The van der Waals surface area contributed by atoms with E-state index < -0.39 is 6.10 Å². The second-order valence-corrected chi connectivity index (χ2v) is 7.99. The van der Waals surface area contributed by atoms with Gasteiger partial charge in [-0.1, -0.05) is 24.3 Å². The molecule has 5 rings (SSSR count). The van der Waals surface area contributed by atoms with Crippen molar-refractivity contribution < 1.29 is 9.84 Å². The molecule has 1 saturated heterocycles. The third-order valence-electron chi connectivity index (χ3n) is 5.68. The maximum Gasteiger partial charge on any atom is 0.123 e. The highest BCUT2D eigenvalue weighted by molar-refractivity contribution is 5.97. The van der Waals surface area contributed by atoms with Crippen LogP contribution in [0.1, 0.15) is 6.04 Å². The molecule has 2 aromatic heterocycles. The van der Waals surface area contributed by atoms with Gasteiger partial charge in [0.25, 0.3) is 0 Å². The van der Waals surface area contributed by atoms with E-state index in [0.717, 1.165) is 40.7 Å². The lowest BCUT2D eigenvalue weighted by molar-refractivity contribution is 0.0205. The van der Waals surface area contributed by atoms with Crippen molar-refractivity contribution >= 4 is 16.6 Å². The summed E-state index contributed by atoms with van der Waals surface area (Å²) in [6, 6.07) is 18.3. The average molecular weight is 415 g/mol. The SMILES string of the molecule is Nc1ccc(-c2cc(OCC(O)CN3CC(n4cccn4)C3)cc3ccccc23)cn1. The third-order valence-corrected chi connectivity index (χ3v) is 5.68. The number of benzene rings is 2. The highest BCUT2D eigenvalue weighted by Crippen LogP contribution is 2.33. The summed E-state index contributed by atoms with van der Waals surface area (Å²) in [5.74, 6) is 1.21. The number of pyridine rings is 1. The van der Waals surface area contributed by atoms with Crippen molar-refractivity contribution in [3.8, 4) is 16.9 Å². The first-order valence-corrected chi connectivity index (χ1v) is 10.4. The second kappa shape index (κ2) is 8.37. The van der Waals surface area contributed by atoms with E-state index in [2.05, 4.69) is 27.1 Å². The van der Waals surface area contributed by atoms with Crippen molar-refractivity contribution in [2.75, 3.05) is 32.0 Å². The van der Waals surface area contributed by atoms with Crippen molar-refractivity contribution in [2.24, 2.45) is 0 Å². The van der Waals surface area contributed by atoms with Gasteiger partial charge in [-0.3, -0.25) is 9.58 Å². The van der Waals surface area contributed by atoms with E-state index in [1.165, 1.54) is 0 Å². The highest BCUT2D eigenvalue weighted by atomic mass is 16.5. The zero-order valence-corrected chi connectivity index (χ0v) is 17.1. The van der Waals surface area contributed by atoms with Gasteiger partial charge in [-0.2, -0.15) is 5.10 Å². The second-order valence-electron chi connectivity index (χ2n) is 7.99. The number of hydrogen-bond donors (Lipinski definition) is 2. The third kappa shape index (κ3) is 4.23. The zero-order valence-electron chi connectivity index (χ0n) is 17.1. The Morgan fingerprint density at radius 3 is 2.77 bits per heavy atom. The van der Waals surface area contributed by atoms with Crippen LogP contribution in [0.15, 0.2) is 73.2 Å². The predicted molar refractivity (Wildman–Crippen MR) is 121 cm³/mol. The Bertz CT molecular complexity index is 1150. The van der Waals surface area contributed by atoms with E-state index >= 15 is 0 Å². The molecule has 1 fully saturated rings. The molecule has 0 radical (unpaired) electrons. The van der Waals surface area contributed by atoms with E-state index in [-0.39, 0.29) is 6.61 Å². The summed E-state index contributed by atoms with van der Waals surface area (Å²) in [6.07, 6.45) is 4.99. The first-order chi connectivity index (χ1) is 15.2. The molecule has 4 aromatic rings. The van der Waals surface area contributed by atoms with E-state index in [9.17, 15) is 5.11 Å². The number of aliphatic hydroxyl groups excluding tert-OH is 1.